The minimum Gasteiger partial charge on any atom is -0.324 e. The van der Waals surface area contributed by atoms with Crippen molar-refractivity contribution in [3.05, 3.63) is 35.1 Å². The van der Waals surface area contributed by atoms with Crippen LogP contribution in [0.1, 0.15) is 50.6 Å². The summed E-state index contributed by atoms with van der Waals surface area (Å²) in [4.78, 5) is 0. The van der Waals surface area contributed by atoms with Gasteiger partial charge in [-0.05, 0) is 30.7 Å². The molecule has 1 nitrogen and oxygen atoms in total. The Morgan fingerprint density at radius 2 is 1.95 bits per heavy atom. The van der Waals surface area contributed by atoms with Crippen LogP contribution in [0.15, 0.2) is 12.1 Å². The summed E-state index contributed by atoms with van der Waals surface area (Å²) in [5.41, 5.74) is 6.18. The number of nitrogens with two attached hydrogens (primary N) is 1. The van der Waals surface area contributed by atoms with Gasteiger partial charge in [0, 0.05) is 11.6 Å². The van der Waals surface area contributed by atoms with Crippen LogP contribution in [0.5, 0.6) is 0 Å². The van der Waals surface area contributed by atoms with Crippen LogP contribution in [0.3, 0.4) is 0 Å². The second kappa shape index (κ2) is 5.95. The van der Waals surface area contributed by atoms with Crippen LogP contribution in [-0.2, 0) is 0 Å². The average molecular weight is 271 g/mol. The lowest BCUT2D eigenvalue weighted by atomic mass is 9.75. The molecule has 19 heavy (non-hydrogen) atoms. The minimum absolute atomic E-state index is 0.0978. The topological polar surface area (TPSA) is 26.0 Å². The Morgan fingerprint density at radius 1 is 1.21 bits per heavy atom. The molecule has 106 valence electrons. The molecule has 3 atom stereocenters. The summed E-state index contributed by atoms with van der Waals surface area (Å²) in [5, 5.41) is 0. The van der Waals surface area contributed by atoms with Gasteiger partial charge in [-0.15, -0.1) is 0 Å². The maximum Gasteiger partial charge on any atom is 0.194 e. The Hall–Kier alpha value is -1.03. The highest BCUT2D eigenvalue weighted by atomic mass is 19.2. The fraction of sp³-hybridized carbons (Fsp3) is 0.600. The molecule has 2 rings (SSSR count). The van der Waals surface area contributed by atoms with Crippen LogP contribution in [0.25, 0.3) is 0 Å². The summed E-state index contributed by atoms with van der Waals surface area (Å²) in [5.74, 6) is -2.96. The quantitative estimate of drug-likeness (QED) is 0.814. The average Bonchev–Trinajstić information content (AvgIpc) is 2.44. The highest BCUT2D eigenvalue weighted by molar-refractivity contribution is 5.24. The van der Waals surface area contributed by atoms with Crippen molar-refractivity contribution in [3.63, 3.8) is 0 Å². The van der Waals surface area contributed by atoms with E-state index in [2.05, 4.69) is 6.92 Å². The van der Waals surface area contributed by atoms with Crippen molar-refractivity contribution in [1.29, 1.82) is 0 Å². The van der Waals surface area contributed by atoms with Gasteiger partial charge in [-0.3, -0.25) is 0 Å². The van der Waals surface area contributed by atoms with Crippen LogP contribution < -0.4 is 5.73 Å². The van der Waals surface area contributed by atoms with Crippen LogP contribution in [0.4, 0.5) is 13.2 Å². The third-order valence-electron chi connectivity index (χ3n) is 4.33. The van der Waals surface area contributed by atoms with Crippen molar-refractivity contribution < 1.29 is 13.2 Å². The maximum absolute atomic E-state index is 13.8. The number of halogens is 3. The maximum atomic E-state index is 13.8. The summed E-state index contributed by atoms with van der Waals surface area (Å²) < 4.78 is 39.9. The summed E-state index contributed by atoms with van der Waals surface area (Å²) in [6.45, 7) is 2.14. The Balaban J connectivity index is 2.19. The van der Waals surface area contributed by atoms with E-state index >= 15 is 0 Å². The summed E-state index contributed by atoms with van der Waals surface area (Å²) in [6.07, 6.45) is 5.21. The predicted octanol–water partition coefficient (Wildman–Crippen LogP) is 4.32. The largest absolute Gasteiger partial charge is 0.324 e. The molecular weight excluding hydrogens is 251 g/mol. The lowest BCUT2D eigenvalue weighted by Gasteiger charge is -2.32. The molecule has 3 unspecified atom stereocenters. The lowest BCUT2D eigenvalue weighted by molar-refractivity contribution is 0.227. The predicted molar refractivity (Wildman–Crippen MR) is 69.0 cm³/mol. The van der Waals surface area contributed by atoms with E-state index in [0.29, 0.717) is 5.92 Å². The fourth-order valence-corrected chi connectivity index (χ4v) is 3.08. The van der Waals surface area contributed by atoms with E-state index in [4.69, 9.17) is 5.73 Å². The molecule has 0 heterocycles. The van der Waals surface area contributed by atoms with Gasteiger partial charge in [0.25, 0.3) is 0 Å². The van der Waals surface area contributed by atoms with E-state index in [0.717, 1.165) is 31.7 Å². The molecule has 0 saturated heterocycles. The molecule has 1 fully saturated rings. The summed E-state index contributed by atoms with van der Waals surface area (Å²) >= 11 is 0. The van der Waals surface area contributed by atoms with E-state index in [1.807, 2.05) is 0 Å². The normalized spacial score (nSPS) is 25.3. The first-order valence-electron chi connectivity index (χ1n) is 6.93. The molecule has 0 aromatic heterocycles. The van der Waals surface area contributed by atoms with Crippen LogP contribution in [0.2, 0.25) is 0 Å². The van der Waals surface area contributed by atoms with Crippen molar-refractivity contribution in [2.75, 3.05) is 0 Å². The second-order valence-corrected chi connectivity index (χ2v) is 5.49. The molecule has 0 aliphatic heterocycles. The first-order chi connectivity index (χ1) is 9.04. The Kier molecular flexibility index (Phi) is 4.50. The second-order valence-electron chi connectivity index (χ2n) is 5.49. The van der Waals surface area contributed by atoms with E-state index in [9.17, 15) is 13.2 Å². The third kappa shape index (κ3) is 2.94. The number of benzene rings is 1. The molecule has 0 bridgehead atoms. The monoisotopic (exact) mass is 271 g/mol. The molecule has 1 aliphatic rings. The lowest BCUT2D eigenvalue weighted by Crippen LogP contribution is -2.28. The van der Waals surface area contributed by atoms with Gasteiger partial charge in [-0.2, -0.15) is 0 Å². The zero-order valence-corrected chi connectivity index (χ0v) is 11.1. The van der Waals surface area contributed by atoms with Crippen molar-refractivity contribution in [2.24, 2.45) is 17.6 Å². The molecule has 0 amide bonds. The van der Waals surface area contributed by atoms with E-state index < -0.39 is 23.5 Å². The molecular formula is C15H20F3N. The number of rotatable bonds is 3. The van der Waals surface area contributed by atoms with Gasteiger partial charge in [0.1, 0.15) is 0 Å². The fourth-order valence-electron chi connectivity index (χ4n) is 3.08. The van der Waals surface area contributed by atoms with E-state index in [1.165, 1.54) is 12.5 Å². The van der Waals surface area contributed by atoms with Gasteiger partial charge in [0.05, 0.1) is 0 Å². The van der Waals surface area contributed by atoms with Gasteiger partial charge in [0.15, 0.2) is 17.5 Å². The van der Waals surface area contributed by atoms with Gasteiger partial charge < -0.3 is 5.73 Å². The summed E-state index contributed by atoms with van der Waals surface area (Å²) in [6, 6.07) is 1.67. The zero-order valence-electron chi connectivity index (χ0n) is 11.1. The number of hydrogen-bond acceptors (Lipinski definition) is 1. The van der Waals surface area contributed by atoms with Gasteiger partial charge in [-0.25, -0.2) is 13.2 Å². The van der Waals surface area contributed by atoms with Gasteiger partial charge in [-0.1, -0.05) is 32.3 Å². The Morgan fingerprint density at radius 3 is 2.63 bits per heavy atom. The van der Waals surface area contributed by atoms with Gasteiger partial charge >= 0.3 is 0 Å². The molecule has 1 saturated carbocycles. The molecule has 2 N–H and O–H groups in total. The van der Waals surface area contributed by atoms with Gasteiger partial charge in [0.2, 0.25) is 0 Å². The van der Waals surface area contributed by atoms with E-state index in [1.54, 1.807) is 0 Å². The molecule has 1 aliphatic carbocycles. The molecule has 0 spiro atoms. The molecule has 4 heteroatoms. The Labute approximate surface area is 112 Å². The highest BCUT2D eigenvalue weighted by Crippen LogP contribution is 2.38. The van der Waals surface area contributed by atoms with Crippen molar-refractivity contribution >= 4 is 0 Å². The van der Waals surface area contributed by atoms with Crippen LogP contribution >= 0.6 is 0 Å². The van der Waals surface area contributed by atoms with Crippen molar-refractivity contribution in [3.8, 4) is 0 Å². The molecule has 0 radical (unpaired) electrons. The van der Waals surface area contributed by atoms with Crippen LogP contribution in [-0.4, -0.2) is 0 Å². The van der Waals surface area contributed by atoms with Crippen molar-refractivity contribution in [2.45, 2.75) is 45.1 Å². The SMILES string of the molecule is CCC1CCCC(C(N)c2ccc(F)c(F)c2F)C1. The smallest absolute Gasteiger partial charge is 0.194 e. The highest BCUT2D eigenvalue weighted by Gasteiger charge is 2.29. The zero-order chi connectivity index (χ0) is 14.0. The van der Waals surface area contributed by atoms with Crippen molar-refractivity contribution in [1.82, 2.24) is 0 Å². The Bertz CT molecular complexity index is 447. The molecule has 1 aromatic carbocycles. The third-order valence-corrected chi connectivity index (χ3v) is 4.33. The first kappa shape index (κ1) is 14.4. The standard InChI is InChI=1S/C15H20F3N/c1-2-9-4-3-5-10(8-9)15(19)11-6-7-12(16)14(18)13(11)17/h6-7,9-10,15H,2-5,8,19H2,1H3. The number of hydrogen-bond donors (Lipinski definition) is 1. The summed E-state index contributed by atoms with van der Waals surface area (Å²) in [7, 11) is 0. The van der Waals surface area contributed by atoms with Crippen LogP contribution in [0, 0.1) is 29.3 Å². The first-order valence-corrected chi connectivity index (χ1v) is 6.93. The van der Waals surface area contributed by atoms with E-state index in [-0.39, 0.29) is 11.5 Å². The minimum atomic E-state index is -1.42. The molecule has 1 aromatic rings.